The van der Waals surface area contributed by atoms with Crippen LogP contribution in [0.4, 0.5) is 0 Å². The summed E-state index contributed by atoms with van der Waals surface area (Å²) in [6.45, 7) is 13.7. The summed E-state index contributed by atoms with van der Waals surface area (Å²) in [4.78, 5) is 5.27. The Labute approximate surface area is 213 Å². The molecule has 194 valence electrons. The maximum Gasteiger partial charge on any atom is 0.113 e. The molecule has 0 aliphatic carbocycles. The number of likely N-dealkylation sites (N-methyl/N-ethyl adjacent to an activating group) is 2. The topological polar surface area (TPSA) is 45.8 Å². The van der Waals surface area contributed by atoms with Crippen LogP contribution >= 0.6 is 0 Å². The summed E-state index contributed by atoms with van der Waals surface area (Å²) < 4.78 is 0. The van der Waals surface area contributed by atoms with Gasteiger partial charge in [0.15, 0.2) is 0 Å². The average molecular weight is 481 g/mol. The minimum Gasteiger partial charge on any atom is -0.318 e. The van der Waals surface area contributed by atoms with Gasteiger partial charge in [-0.25, -0.2) is 5.01 Å². The fourth-order valence-electron chi connectivity index (χ4n) is 7.56. The van der Waals surface area contributed by atoms with Crippen molar-refractivity contribution in [2.24, 2.45) is 5.92 Å². The van der Waals surface area contributed by atoms with Gasteiger partial charge in [-0.3, -0.25) is 15.6 Å². The molecule has 1 spiro atoms. The summed E-state index contributed by atoms with van der Waals surface area (Å²) in [6, 6.07) is 10.5. The quantitative estimate of drug-likeness (QED) is 0.472. The molecule has 35 heavy (non-hydrogen) atoms. The first-order valence-corrected chi connectivity index (χ1v) is 14.1. The monoisotopic (exact) mass is 480 g/mol. The van der Waals surface area contributed by atoms with Crippen LogP contribution in [0.1, 0.15) is 64.0 Å². The molecule has 3 fully saturated rings. The van der Waals surface area contributed by atoms with Crippen LogP contribution in [0.5, 0.6) is 0 Å². The molecular formula is C29H48N6. The summed E-state index contributed by atoms with van der Waals surface area (Å²) in [5.74, 6) is 0.570. The second-order valence-electron chi connectivity index (χ2n) is 11.7. The van der Waals surface area contributed by atoms with Gasteiger partial charge in [-0.15, -0.1) is 0 Å². The Kier molecular flexibility index (Phi) is 7.42. The van der Waals surface area contributed by atoms with Crippen LogP contribution in [0.2, 0.25) is 0 Å². The van der Waals surface area contributed by atoms with Crippen molar-refractivity contribution in [1.29, 1.82) is 0 Å². The molecule has 0 radical (unpaired) electrons. The van der Waals surface area contributed by atoms with Crippen LogP contribution in [0.15, 0.2) is 35.9 Å². The zero-order valence-electron chi connectivity index (χ0n) is 22.7. The number of likely N-dealkylation sites (tertiary alicyclic amines) is 1. The van der Waals surface area contributed by atoms with E-state index in [1.807, 2.05) is 7.05 Å². The first-order chi connectivity index (χ1) is 16.9. The third kappa shape index (κ3) is 4.41. The van der Waals surface area contributed by atoms with E-state index in [1.165, 1.54) is 43.5 Å². The fourth-order valence-corrected chi connectivity index (χ4v) is 7.56. The van der Waals surface area contributed by atoms with Gasteiger partial charge in [0, 0.05) is 44.2 Å². The third-order valence-electron chi connectivity index (χ3n) is 9.11. The minimum absolute atomic E-state index is 0.0944. The highest BCUT2D eigenvalue weighted by molar-refractivity contribution is 5.46. The third-order valence-corrected chi connectivity index (χ3v) is 9.11. The second-order valence-corrected chi connectivity index (χ2v) is 11.7. The van der Waals surface area contributed by atoms with Crippen LogP contribution in [0.3, 0.4) is 0 Å². The predicted octanol–water partition coefficient (Wildman–Crippen LogP) is 3.27. The van der Waals surface area contributed by atoms with Gasteiger partial charge < -0.3 is 10.2 Å². The van der Waals surface area contributed by atoms with Gasteiger partial charge >= 0.3 is 0 Å². The lowest BCUT2D eigenvalue weighted by Crippen LogP contribution is -2.71. The minimum atomic E-state index is -0.108. The smallest absolute Gasteiger partial charge is 0.113 e. The van der Waals surface area contributed by atoms with E-state index < -0.39 is 0 Å². The zero-order chi connectivity index (χ0) is 24.6. The standard InChI is InChI=1S/C29H48N6/c1-6-24-18-28(25-12-10-11-23(17-25)21-33(5)16-13-30-4)19-27(34-14-8-7-9-15-34)26-20-31-35(22(2)3)29(24,26)32-28/h10-12,17-18,22,26-27,30-32H,6-9,13-16,19-21H2,1-5H3. The summed E-state index contributed by atoms with van der Waals surface area (Å²) in [5.41, 5.74) is 8.09. The van der Waals surface area contributed by atoms with E-state index in [0.29, 0.717) is 18.0 Å². The molecule has 4 unspecified atom stereocenters. The first kappa shape index (κ1) is 25.4. The second kappa shape index (κ2) is 10.2. The van der Waals surface area contributed by atoms with Gasteiger partial charge in [-0.05, 0) is 83.4 Å². The number of benzene rings is 1. The maximum absolute atomic E-state index is 4.33. The van der Waals surface area contributed by atoms with Crippen molar-refractivity contribution in [3.8, 4) is 0 Å². The van der Waals surface area contributed by atoms with E-state index in [9.17, 15) is 0 Å². The largest absolute Gasteiger partial charge is 0.318 e. The molecule has 0 saturated carbocycles. The number of hydrazine groups is 1. The molecule has 6 nitrogen and oxygen atoms in total. The van der Waals surface area contributed by atoms with Gasteiger partial charge in [-0.2, -0.15) is 0 Å². The van der Waals surface area contributed by atoms with E-state index >= 15 is 0 Å². The van der Waals surface area contributed by atoms with Gasteiger partial charge in [0.25, 0.3) is 0 Å². The Morgan fingerprint density at radius 1 is 1.20 bits per heavy atom. The number of nitrogens with zero attached hydrogens (tertiary/aromatic N) is 3. The Hall–Kier alpha value is -1.28. The van der Waals surface area contributed by atoms with Gasteiger partial charge in [0.05, 0.1) is 5.54 Å². The van der Waals surface area contributed by atoms with Crippen LogP contribution < -0.4 is 16.1 Å². The highest BCUT2D eigenvalue weighted by atomic mass is 15.6. The molecule has 2 bridgehead atoms. The molecular weight excluding hydrogens is 432 g/mol. The summed E-state index contributed by atoms with van der Waals surface area (Å²) in [6.07, 6.45) is 8.99. The number of hydrogen-bond donors (Lipinski definition) is 3. The molecule has 0 aromatic heterocycles. The van der Waals surface area contributed by atoms with E-state index in [2.05, 4.69) is 89.0 Å². The zero-order valence-corrected chi connectivity index (χ0v) is 22.7. The molecule has 1 aromatic rings. The van der Waals surface area contributed by atoms with Crippen LogP contribution in [-0.2, 0) is 12.1 Å². The molecule has 3 N–H and O–H groups in total. The number of fused-ring (bicyclic) bond motifs is 1. The van der Waals surface area contributed by atoms with E-state index in [-0.39, 0.29) is 11.2 Å². The molecule has 0 amide bonds. The highest BCUT2D eigenvalue weighted by Crippen LogP contribution is 2.55. The van der Waals surface area contributed by atoms with Crippen molar-refractivity contribution in [1.82, 2.24) is 30.9 Å². The Bertz CT molecular complexity index is 908. The molecule has 4 aliphatic heterocycles. The maximum atomic E-state index is 4.33. The molecule has 4 atom stereocenters. The van der Waals surface area contributed by atoms with Crippen LogP contribution in [0, 0.1) is 5.92 Å². The SMILES string of the molecule is CCC1=CC2(c3cccc(CN(C)CCNC)c3)CC(N3CCCCC3)C3CNN(C(C)C)C13N2. The van der Waals surface area contributed by atoms with Crippen molar-refractivity contribution in [3.63, 3.8) is 0 Å². The van der Waals surface area contributed by atoms with Crippen LogP contribution in [0.25, 0.3) is 0 Å². The Balaban J connectivity index is 1.53. The van der Waals surface area contributed by atoms with Gasteiger partial charge in [0.2, 0.25) is 0 Å². The molecule has 6 heteroatoms. The predicted molar refractivity (Wildman–Crippen MR) is 145 cm³/mol. The van der Waals surface area contributed by atoms with E-state index in [4.69, 9.17) is 0 Å². The van der Waals surface area contributed by atoms with Crippen molar-refractivity contribution >= 4 is 0 Å². The number of hydrogen-bond acceptors (Lipinski definition) is 6. The summed E-state index contributed by atoms with van der Waals surface area (Å²) >= 11 is 0. The molecule has 1 aromatic carbocycles. The van der Waals surface area contributed by atoms with Crippen molar-refractivity contribution in [2.45, 2.75) is 82.7 Å². The van der Waals surface area contributed by atoms with Crippen molar-refractivity contribution in [3.05, 3.63) is 47.0 Å². The molecule has 3 saturated heterocycles. The van der Waals surface area contributed by atoms with Gasteiger partial charge in [-0.1, -0.05) is 43.7 Å². The van der Waals surface area contributed by atoms with Crippen molar-refractivity contribution < 1.29 is 0 Å². The summed E-state index contributed by atoms with van der Waals surface area (Å²) in [5, 5.41) is 10.2. The highest BCUT2D eigenvalue weighted by Gasteiger charge is 2.65. The lowest BCUT2D eigenvalue weighted by atomic mass is 9.73. The normalized spacial score (nSPS) is 33.5. The molecule has 4 heterocycles. The van der Waals surface area contributed by atoms with E-state index in [0.717, 1.165) is 39.0 Å². The average Bonchev–Trinajstić information content (AvgIpc) is 3.39. The summed E-state index contributed by atoms with van der Waals surface area (Å²) in [7, 11) is 4.25. The first-order valence-electron chi connectivity index (χ1n) is 14.1. The lowest BCUT2D eigenvalue weighted by molar-refractivity contribution is -0.0396. The Morgan fingerprint density at radius 2 is 2.00 bits per heavy atom. The molecule has 5 rings (SSSR count). The number of nitrogens with one attached hydrogen (secondary N) is 3. The number of piperidine rings is 2. The fraction of sp³-hybridized carbons (Fsp3) is 0.724. The molecule has 4 aliphatic rings. The Morgan fingerprint density at radius 3 is 2.71 bits per heavy atom. The number of rotatable bonds is 9. The lowest BCUT2D eigenvalue weighted by Gasteiger charge is -2.55. The van der Waals surface area contributed by atoms with Crippen molar-refractivity contribution in [2.75, 3.05) is 46.8 Å². The van der Waals surface area contributed by atoms with Crippen LogP contribution in [-0.4, -0.2) is 79.4 Å². The van der Waals surface area contributed by atoms with E-state index in [1.54, 1.807) is 5.57 Å². The van der Waals surface area contributed by atoms with Gasteiger partial charge in [0.1, 0.15) is 5.66 Å².